The van der Waals surface area contributed by atoms with Crippen molar-refractivity contribution in [3.63, 3.8) is 0 Å². The predicted molar refractivity (Wildman–Crippen MR) is 258 cm³/mol. The van der Waals surface area contributed by atoms with E-state index in [9.17, 15) is 0 Å². The van der Waals surface area contributed by atoms with Gasteiger partial charge in [0, 0.05) is 49.1 Å². The number of para-hydroxylation sites is 3. The largest absolute Gasteiger partial charge is 0.456 e. The highest BCUT2D eigenvalue weighted by atomic mass is 16.3. The first-order valence-electron chi connectivity index (χ1n) is 21.2. The third-order valence-corrected chi connectivity index (χ3v) is 12.4. The van der Waals surface area contributed by atoms with Gasteiger partial charge in [-0.15, -0.1) is 0 Å². The summed E-state index contributed by atoms with van der Waals surface area (Å²) in [5.74, 6) is 1.83. The summed E-state index contributed by atoms with van der Waals surface area (Å²) < 4.78 is 10.7. The Morgan fingerprint density at radius 1 is 0.286 bits per heavy atom. The molecule has 6 heteroatoms. The van der Waals surface area contributed by atoms with Gasteiger partial charge < -0.3 is 8.98 Å². The van der Waals surface area contributed by atoms with Gasteiger partial charge in [-0.25, -0.2) is 4.98 Å². The highest BCUT2D eigenvalue weighted by molar-refractivity contribution is 6.12. The van der Waals surface area contributed by atoms with Gasteiger partial charge in [0.1, 0.15) is 11.2 Å². The molecule has 0 aliphatic rings. The van der Waals surface area contributed by atoms with Crippen molar-refractivity contribution < 1.29 is 4.42 Å². The molecule has 0 fully saturated rings. The standard InChI is InChI=1S/C57H35N5O/c1-3-13-37(14-4-1)55-58-56(38-15-5-2-6-16-38)60-57(59-55)62-50-21-11-7-17-43(50)45-30-25-41(35-52(45)62)40-26-31-51-47(33-40)44-18-8-10-20-49(44)61(51)42-28-23-36(24-29-42)39-27-32-54-48(34-39)46-19-9-12-22-53(46)63-54/h1-35H. The Labute approximate surface area is 361 Å². The molecule has 4 heterocycles. The highest BCUT2D eigenvalue weighted by Crippen LogP contribution is 2.39. The molecule has 0 atom stereocenters. The van der Waals surface area contributed by atoms with E-state index >= 15 is 0 Å². The number of benzene rings is 9. The van der Waals surface area contributed by atoms with Gasteiger partial charge in [0.15, 0.2) is 11.6 Å². The minimum Gasteiger partial charge on any atom is -0.456 e. The molecular formula is C57H35N5O. The summed E-state index contributed by atoms with van der Waals surface area (Å²) >= 11 is 0. The maximum atomic E-state index is 6.11. The summed E-state index contributed by atoms with van der Waals surface area (Å²) in [5.41, 5.74) is 13.7. The normalized spacial score (nSPS) is 11.8. The molecule has 0 bridgehead atoms. The second-order valence-corrected chi connectivity index (χ2v) is 16.0. The van der Waals surface area contributed by atoms with E-state index in [-0.39, 0.29) is 0 Å². The van der Waals surface area contributed by atoms with Gasteiger partial charge in [0.05, 0.1) is 22.1 Å². The minimum atomic E-state index is 0.575. The molecule has 4 aromatic heterocycles. The van der Waals surface area contributed by atoms with Gasteiger partial charge in [-0.2, -0.15) is 9.97 Å². The van der Waals surface area contributed by atoms with Gasteiger partial charge in [0.25, 0.3) is 0 Å². The third kappa shape index (κ3) is 5.69. The van der Waals surface area contributed by atoms with Crippen molar-refractivity contribution in [1.29, 1.82) is 0 Å². The molecule has 9 aromatic carbocycles. The number of furan rings is 1. The smallest absolute Gasteiger partial charge is 0.238 e. The zero-order chi connectivity index (χ0) is 41.4. The molecule has 0 radical (unpaired) electrons. The number of hydrogen-bond donors (Lipinski definition) is 0. The van der Waals surface area contributed by atoms with E-state index in [1.807, 2.05) is 72.8 Å². The van der Waals surface area contributed by atoms with E-state index in [1.54, 1.807) is 0 Å². The van der Waals surface area contributed by atoms with Gasteiger partial charge in [-0.05, 0) is 82.9 Å². The number of hydrogen-bond acceptors (Lipinski definition) is 4. The average Bonchev–Trinajstić information content (AvgIpc) is 4.01. The zero-order valence-electron chi connectivity index (χ0n) is 33.9. The van der Waals surface area contributed by atoms with Gasteiger partial charge in [-0.3, -0.25) is 4.57 Å². The van der Waals surface area contributed by atoms with Crippen molar-refractivity contribution in [3.8, 4) is 56.7 Å². The lowest BCUT2D eigenvalue weighted by atomic mass is 10.0. The number of rotatable bonds is 6. The summed E-state index contributed by atoms with van der Waals surface area (Å²) in [5, 5.41) is 6.95. The molecule has 0 aliphatic carbocycles. The number of aromatic nitrogens is 5. The minimum absolute atomic E-state index is 0.575. The highest BCUT2D eigenvalue weighted by Gasteiger charge is 2.20. The number of fused-ring (bicyclic) bond motifs is 9. The van der Waals surface area contributed by atoms with Crippen molar-refractivity contribution >= 4 is 65.6 Å². The fourth-order valence-corrected chi connectivity index (χ4v) is 9.40. The Bertz CT molecular complexity index is 3840. The summed E-state index contributed by atoms with van der Waals surface area (Å²) in [6.45, 7) is 0. The first-order chi connectivity index (χ1) is 31.2. The summed E-state index contributed by atoms with van der Waals surface area (Å²) in [4.78, 5) is 15.3. The van der Waals surface area contributed by atoms with E-state index in [4.69, 9.17) is 19.4 Å². The van der Waals surface area contributed by atoms with Crippen molar-refractivity contribution in [2.24, 2.45) is 0 Å². The maximum Gasteiger partial charge on any atom is 0.238 e. The lowest BCUT2D eigenvalue weighted by molar-refractivity contribution is 0.669. The second kappa shape index (κ2) is 14.0. The predicted octanol–water partition coefficient (Wildman–Crippen LogP) is 14.6. The SMILES string of the molecule is c1ccc(-c2nc(-c3ccccc3)nc(-n3c4ccccc4c4ccc(-c5ccc6c(c5)c5ccccc5n6-c5ccc(-c6ccc7oc8ccccc8c7c6)cc5)cc43)n2)cc1. The lowest BCUT2D eigenvalue weighted by Crippen LogP contribution is -2.06. The van der Waals surface area contributed by atoms with Crippen LogP contribution in [0.3, 0.4) is 0 Å². The maximum absolute atomic E-state index is 6.11. The summed E-state index contributed by atoms with van der Waals surface area (Å²) in [6.07, 6.45) is 0. The second-order valence-electron chi connectivity index (χ2n) is 16.0. The molecule has 0 saturated carbocycles. The molecule has 0 unspecified atom stereocenters. The van der Waals surface area contributed by atoms with Crippen LogP contribution in [0.2, 0.25) is 0 Å². The molecule has 0 spiro atoms. The molecule has 0 saturated heterocycles. The van der Waals surface area contributed by atoms with Crippen LogP contribution in [0.4, 0.5) is 0 Å². The third-order valence-electron chi connectivity index (χ3n) is 12.4. The fraction of sp³-hybridized carbons (Fsp3) is 0. The molecule has 0 amide bonds. The van der Waals surface area contributed by atoms with Crippen molar-refractivity contribution in [3.05, 3.63) is 212 Å². The van der Waals surface area contributed by atoms with Crippen LogP contribution >= 0.6 is 0 Å². The Morgan fingerprint density at radius 3 is 1.51 bits per heavy atom. The Morgan fingerprint density at radius 2 is 0.778 bits per heavy atom. The van der Waals surface area contributed by atoms with Crippen LogP contribution in [-0.2, 0) is 0 Å². The van der Waals surface area contributed by atoms with Crippen molar-refractivity contribution in [1.82, 2.24) is 24.1 Å². The van der Waals surface area contributed by atoms with Crippen molar-refractivity contribution in [2.75, 3.05) is 0 Å². The lowest BCUT2D eigenvalue weighted by Gasteiger charge is -2.12. The summed E-state index contributed by atoms with van der Waals surface area (Å²) in [7, 11) is 0. The van der Waals surface area contributed by atoms with Crippen LogP contribution in [0.25, 0.3) is 122 Å². The van der Waals surface area contributed by atoms with Crippen LogP contribution in [0, 0.1) is 0 Å². The topological polar surface area (TPSA) is 61.7 Å². The van der Waals surface area contributed by atoms with E-state index < -0.39 is 0 Å². The molecular weight excluding hydrogens is 771 g/mol. The van der Waals surface area contributed by atoms with E-state index in [2.05, 4.69) is 149 Å². The van der Waals surface area contributed by atoms with Gasteiger partial charge >= 0.3 is 0 Å². The van der Waals surface area contributed by atoms with Crippen molar-refractivity contribution in [2.45, 2.75) is 0 Å². The van der Waals surface area contributed by atoms with Gasteiger partial charge in [0.2, 0.25) is 5.95 Å². The van der Waals surface area contributed by atoms with E-state index in [0.717, 1.165) is 93.8 Å². The molecule has 0 aliphatic heterocycles. The van der Waals surface area contributed by atoms with Gasteiger partial charge in [-0.1, -0.05) is 152 Å². The average molecular weight is 806 g/mol. The Hall–Kier alpha value is -8.61. The monoisotopic (exact) mass is 805 g/mol. The molecule has 13 rings (SSSR count). The Balaban J connectivity index is 0.936. The number of nitrogens with zero attached hydrogens (tertiary/aromatic N) is 5. The quantitative estimate of drug-likeness (QED) is 0.168. The van der Waals surface area contributed by atoms with Crippen LogP contribution in [0.5, 0.6) is 0 Å². The van der Waals surface area contributed by atoms with E-state index in [0.29, 0.717) is 17.6 Å². The molecule has 294 valence electrons. The van der Waals surface area contributed by atoms with Crippen LogP contribution < -0.4 is 0 Å². The van der Waals surface area contributed by atoms with Crippen LogP contribution in [-0.4, -0.2) is 24.1 Å². The molecule has 6 nitrogen and oxygen atoms in total. The summed E-state index contributed by atoms with van der Waals surface area (Å²) in [6, 6.07) is 74.7. The Kier molecular flexibility index (Phi) is 7.80. The zero-order valence-corrected chi connectivity index (χ0v) is 33.9. The molecule has 0 N–H and O–H groups in total. The molecule has 13 aromatic rings. The molecule has 63 heavy (non-hydrogen) atoms. The van der Waals surface area contributed by atoms with E-state index in [1.165, 1.54) is 10.8 Å². The first kappa shape index (κ1) is 35.2. The van der Waals surface area contributed by atoms with Crippen LogP contribution in [0.1, 0.15) is 0 Å². The van der Waals surface area contributed by atoms with Crippen LogP contribution in [0.15, 0.2) is 217 Å². The first-order valence-corrected chi connectivity index (χ1v) is 21.2. The fourth-order valence-electron chi connectivity index (χ4n) is 9.40.